The molecule has 70 valence electrons. The minimum absolute atomic E-state index is 0.131. The van der Waals surface area contributed by atoms with Gasteiger partial charge in [-0.25, -0.2) is 9.97 Å². The van der Waals surface area contributed by atoms with E-state index in [1.165, 1.54) is 11.3 Å². The maximum Gasteiger partial charge on any atom is 0.130 e. The third-order valence-corrected chi connectivity index (χ3v) is 3.06. The second-order valence-corrected chi connectivity index (χ2v) is 4.14. The second-order valence-electron chi connectivity index (χ2n) is 3.03. The Morgan fingerprint density at radius 3 is 3.31 bits per heavy atom. The van der Waals surface area contributed by atoms with Crippen molar-refractivity contribution in [1.82, 2.24) is 9.97 Å². The largest absolute Gasteiger partial charge is 0.396 e. The van der Waals surface area contributed by atoms with E-state index >= 15 is 0 Å². The zero-order chi connectivity index (χ0) is 9.10. The van der Waals surface area contributed by atoms with E-state index in [0.717, 1.165) is 23.7 Å². The number of thioether (sulfide) groups is 1. The smallest absolute Gasteiger partial charge is 0.130 e. The summed E-state index contributed by atoms with van der Waals surface area (Å²) in [6.07, 6.45) is 3.56. The van der Waals surface area contributed by atoms with E-state index in [-0.39, 0.29) is 6.61 Å². The second kappa shape index (κ2) is 4.07. The van der Waals surface area contributed by atoms with Gasteiger partial charge in [-0.15, -0.1) is 0 Å². The lowest BCUT2D eigenvalue weighted by Gasteiger charge is -2.13. The summed E-state index contributed by atoms with van der Waals surface area (Å²) >= 11 is 1.91. The normalized spacial score (nSPS) is 15.5. The number of hydrogen-bond acceptors (Lipinski definition) is 4. The molecule has 0 radical (unpaired) electrons. The minimum atomic E-state index is 0.131. The van der Waals surface area contributed by atoms with Crippen LogP contribution < -0.4 is 0 Å². The van der Waals surface area contributed by atoms with Crippen LogP contribution >= 0.6 is 11.8 Å². The fraction of sp³-hybridized carbons (Fsp3) is 0.556. The fourth-order valence-electron chi connectivity index (χ4n) is 1.39. The van der Waals surface area contributed by atoms with E-state index in [0.29, 0.717) is 6.42 Å². The molecule has 0 aromatic carbocycles. The molecule has 1 aliphatic rings. The van der Waals surface area contributed by atoms with Crippen molar-refractivity contribution in [3.63, 3.8) is 0 Å². The van der Waals surface area contributed by atoms with Crippen LogP contribution in [0.1, 0.15) is 17.1 Å². The summed E-state index contributed by atoms with van der Waals surface area (Å²) in [5.74, 6) is 2.94. The van der Waals surface area contributed by atoms with Gasteiger partial charge in [-0.05, 0) is 17.7 Å². The van der Waals surface area contributed by atoms with E-state index in [1.54, 1.807) is 0 Å². The van der Waals surface area contributed by atoms with Crippen molar-refractivity contribution in [1.29, 1.82) is 0 Å². The molecule has 0 amide bonds. The zero-order valence-corrected chi connectivity index (χ0v) is 8.18. The molecule has 1 N–H and O–H groups in total. The molecule has 0 spiro atoms. The van der Waals surface area contributed by atoms with Crippen molar-refractivity contribution in [3.8, 4) is 0 Å². The number of aliphatic hydroxyl groups excluding tert-OH is 1. The molecule has 1 aromatic rings. The molecule has 0 unspecified atom stereocenters. The van der Waals surface area contributed by atoms with E-state index in [4.69, 9.17) is 5.11 Å². The van der Waals surface area contributed by atoms with Gasteiger partial charge in [-0.3, -0.25) is 0 Å². The van der Waals surface area contributed by atoms with Gasteiger partial charge in [0, 0.05) is 18.4 Å². The Morgan fingerprint density at radius 1 is 1.54 bits per heavy atom. The van der Waals surface area contributed by atoms with Crippen LogP contribution in [0.3, 0.4) is 0 Å². The van der Waals surface area contributed by atoms with Crippen molar-refractivity contribution in [2.75, 3.05) is 12.4 Å². The Bertz CT molecular complexity index is 304. The highest BCUT2D eigenvalue weighted by Gasteiger charge is 2.11. The van der Waals surface area contributed by atoms with Gasteiger partial charge >= 0.3 is 0 Å². The highest BCUT2D eigenvalue weighted by atomic mass is 32.2. The molecule has 0 saturated heterocycles. The van der Waals surface area contributed by atoms with Gasteiger partial charge in [0.25, 0.3) is 0 Å². The molecule has 4 heteroatoms. The average molecular weight is 196 g/mol. The van der Waals surface area contributed by atoms with Gasteiger partial charge in [0.15, 0.2) is 0 Å². The topological polar surface area (TPSA) is 46.0 Å². The van der Waals surface area contributed by atoms with Crippen molar-refractivity contribution in [2.45, 2.75) is 18.6 Å². The lowest BCUT2D eigenvalue weighted by atomic mass is 10.2. The standard InChI is InChI=1S/C9H12N2OS/c12-3-1-9-10-5-7-2-4-13-6-8(7)11-9/h5,12H,1-4,6H2. The summed E-state index contributed by atoms with van der Waals surface area (Å²) in [5.41, 5.74) is 2.44. The number of fused-ring (bicyclic) bond motifs is 1. The zero-order valence-electron chi connectivity index (χ0n) is 7.36. The highest BCUT2D eigenvalue weighted by Crippen LogP contribution is 2.21. The molecule has 0 bridgehead atoms. The third-order valence-electron chi connectivity index (χ3n) is 2.09. The maximum absolute atomic E-state index is 8.74. The molecule has 1 aliphatic heterocycles. The Kier molecular flexibility index (Phi) is 2.80. The Hall–Kier alpha value is -0.610. The first kappa shape index (κ1) is 8.97. The third kappa shape index (κ3) is 2.00. The molecule has 2 rings (SSSR count). The van der Waals surface area contributed by atoms with Crippen LogP contribution in [0.5, 0.6) is 0 Å². The van der Waals surface area contributed by atoms with Gasteiger partial charge in [0.1, 0.15) is 5.82 Å². The predicted molar refractivity (Wildman–Crippen MR) is 52.7 cm³/mol. The van der Waals surface area contributed by atoms with Crippen molar-refractivity contribution in [3.05, 3.63) is 23.3 Å². The first-order chi connectivity index (χ1) is 6.40. The van der Waals surface area contributed by atoms with Crippen LogP contribution in [-0.4, -0.2) is 27.4 Å². The van der Waals surface area contributed by atoms with Crippen molar-refractivity contribution < 1.29 is 5.11 Å². The number of aliphatic hydroxyl groups is 1. The number of hydrogen-bond donors (Lipinski definition) is 1. The molecule has 0 saturated carbocycles. The van der Waals surface area contributed by atoms with E-state index in [1.807, 2.05) is 18.0 Å². The summed E-state index contributed by atoms with van der Waals surface area (Å²) in [5, 5.41) is 8.74. The summed E-state index contributed by atoms with van der Waals surface area (Å²) < 4.78 is 0. The van der Waals surface area contributed by atoms with E-state index < -0.39 is 0 Å². The van der Waals surface area contributed by atoms with Gasteiger partial charge < -0.3 is 5.11 Å². The van der Waals surface area contributed by atoms with Crippen LogP contribution in [-0.2, 0) is 18.6 Å². The summed E-state index contributed by atoms with van der Waals surface area (Å²) in [4.78, 5) is 8.61. The summed E-state index contributed by atoms with van der Waals surface area (Å²) in [6, 6.07) is 0. The number of rotatable bonds is 2. The Balaban J connectivity index is 2.24. The fourth-order valence-corrected chi connectivity index (χ4v) is 2.34. The minimum Gasteiger partial charge on any atom is -0.396 e. The van der Waals surface area contributed by atoms with Crippen LogP contribution in [0.4, 0.5) is 0 Å². The Labute approximate surface area is 81.6 Å². The molecule has 0 aliphatic carbocycles. The van der Waals surface area contributed by atoms with Gasteiger partial charge in [-0.2, -0.15) is 11.8 Å². The number of aryl methyl sites for hydroxylation is 1. The van der Waals surface area contributed by atoms with Crippen LogP contribution in [0.25, 0.3) is 0 Å². The van der Waals surface area contributed by atoms with E-state index in [2.05, 4.69) is 9.97 Å². The lowest BCUT2D eigenvalue weighted by Crippen LogP contribution is -2.09. The average Bonchev–Trinajstić information content (AvgIpc) is 2.18. The van der Waals surface area contributed by atoms with Gasteiger partial charge in [0.2, 0.25) is 0 Å². The molecular weight excluding hydrogens is 184 g/mol. The van der Waals surface area contributed by atoms with Crippen LogP contribution in [0.2, 0.25) is 0 Å². The lowest BCUT2D eigenvalue weighted by molar-refractivity contribution is 0.296. The van der Waals surface area contributed by atoms with Crippen LogP contribution in [0.15, 0.2) is 6.20 Å². The summed E-state index contributed by atoms with van der Waals surface area (Å²) in [7, 11) is 0. The molecule has 13 heavy (non-hydrogen) atoms. The van der Waals surface area contributed by atoms with Crippen molar-refractivity contribution in [2.24, 2.45) is 0 Å². The summed E-state index contributed by atoms with van der Waals surface area (Å²) in [6.45, 7) is 0.131. The molecule has 1 aromatic heterocycles. The Morgan fingerprint density at radius 2 is 2.46 bits per heavy atom. The molecule has 0 atom stereocenters. The highest BCUT2D eigenvalue weighted by molar-refractivity contribution is 7.98. The first-order valence-corrected chi connectivity index (χ1v) is 5.58. The molecule has 3 nitrogen and oxygen atoms in total. The monoisotopic (exact) mass is 196 g/mol. The van der Waals surface area contributed by atoms with Gasteiger partial charge in [0.05, 0.1) is 12.3 Å². The quantitative estimate of drug-likeness (QED) is 0.760. The maximum atomic E-state index is 8.74. The van der Waals surface area contributed by atoms with Crippen LogP contribution in [0, 0.1) is 0 Å². The molecule has 2 heterocycles. The van der Waals surface area contributed by atoms with Crippen molar-refractivity contribution >= 4 is 11.8 Å². The first-order valence-electron chi connectivity index (χ1n) is 4.42. The predicted octanol–water partition coefficient (Wildman–Crippen LogP) is 0.801. The molecular formula is C9H12N2OS. The molecule has 0 fully saturated rings. The SMILES string of the molecule is OCCc1ncc2c(n1)CSCC2. The van der Waals surface area contributed by atoms with Gasteiger partial charge in [-0.1, -0.05) is 0 Å². The van der Waals surface area contributed by atoms with E-state index in [9.17, 15) is 0 Å². The number of aromatic nitrogens is 2. The number of nitrogens with zero attached hydrogens (tertiary/aromatic N) is 2.